The van der Waals surface area contributed by atoms with E-state index in [4.69, 9.17) is 16.7 Å². The SMILES string of the molecule is CN1CCc2nc(C(=O)NC3CN(CCC(=O)O)CC3NC(=O)c3cc4cc(Cl)ccc4[nH]3)sc2C1. The molecule has 0 spiro atoms. The Labute approximate surface area is 216 Å². The monoisotopic (exact) mass is 530 g/mol. The summed E-state index contributed by atoms with van der Waals surface area (Å²) in [4.78, 5) is 50.2. The Morgan fingerprint density at radius 2 is 1.94 bits per heavy atom. The van der Waals surface area contributed by atoms with Crippen molar-refractivity contribution in [2.45, 2.75) is 31.5 Å². The summed E-state index contributed by atoms with van der Waals surface area (Å²) in [6, 6.07) is 6.29. The summed E-state index contributed by atoms with van der Waals surface area (Å²) in [5, 5.41) is 17.0. The molecule has 2 aliphatic rings. The normalized spacial score (nSPS) is 20.4. The molecule has 2 amide bonds. The molecule has 0 aliphatic carbocycles. The molecule has 3 aromatic rings. The number of aromatic amines is 1. The lowest BCUT2D eigenvalue weighted by atomic mass is 10.1. The molecule has 1 aromatic carbocycles. The summed E-state index contributed by atoms with van der Waals surface area (Å²) >= 11 is 7.46. The van der Waals surface area contributed by atoms with Crippen LogP contribution in [0.15, 0.2) is 24.3 Å². The van der Waals surface area contributed by atoms with Gasteiger partial charge in [0, 0.05) is 59.9 Å². The number of nitrogens with zero attached hydrogens (tertiary/aromatic N) is 3. The van der Waals surface area contributed by atoms with Crippen LogP contribution in [0.2, 0.25) is 5.02 Å². The Hall–Kier alpha value is -2.99. The van der Waals surface area contributed by atoms with Crippen molar-refractivity contribution >= 4 is 51.6 Å². The van der Waals surface area contributed by atoms with E-state index < -0.39 is 18.1 Å². The third-order valence-electron chi connectivity index (χ3n) is 6.61. The van der Waals surface area contributed by atoms with Crippen LogP contribution in [-0.2, 0) is 17.8 Å². The first-order valence-corrected chi connectivity index (χ1v) is 13.0. The van der Waals surface area contributed by atoms with Gasteiger partial charge in [0.05, 0.1) is 24.2 Å². The van der Waals surface area contributed by atoms with Crippen molar-refractivity contribution in [1.29, 1.82) is 0 Å². The van der Waals surface area contributed by atoms with Crippen LogP contribution >= 0.6 is 22.9 Å². The molecular formula is C24H27ClN6O4S. The molecule has 2 aromatic heterocycles. The van der Waals surface area contributed by atoms with E-state index in [9.17, 15) is 14.4 Å². The number of carboxylic acid groups (broad SMARTS) is 1. The van der Waals surface area contributed by atoms with E-state index in [1.807, 2.05) is 18.0 Å². The maximum absolute atomic E-state index is 13.1. The summed E-state index contributed by atoms with van der Waals surface area (Å²) in [6.07, 6.45) is 0.799. The predicted octanol–water partition coefficient (Wildman–Crippen LogP) is 1.95. The van der Waals surface area contributed by atoms with Crippen molar-refractivity contribution in [1.82, 2.24) is 30.4 Å². The molecule has 1 fully saturated rings. The number of benzene rings is 1. The van der Waals surface area contributed by atoms with Crippen molar-refractivity contribution < 1.29 is 19.5 Å². The van der Waals surface area contributed by atoms with Crippen molar-refractivity contribution in [3.8, 4) is 0 Å². The second-order valence-corrected chi connectivity index (χ2v) is 10.9. The maximum atomic E-state index is 13.1. The fraction of sp³-hybridized carbons (Fsp3) is 0.417. The van der Waals surface area contributed by atoms with Crippen LogP contribution in [-0.4, -0.2) is 88.0 Å². The van der Waals surface area contributed by atoms with Crippen LogP contribution in [0.25, 0.3) is 10.9 Å². The van der Waals surface area contributed by atoms with Crippen LogP contribution in [0.1, 0.15) is 37.3 Å². The van der Waals surface area contributed by atoms with Crippen LogP contribution in [0.4, 0.5) is 0 Å². The molecule has 0 saturated carbocycles. The minimum absolute atomic E-state index is 0.0170. The van der Waals surface area contributed by atoms with E-state index in [1.54, 1.807) is 18.2 Å². The van der Waals surface area contributed by atoms with Gasteiger partial charge in [0.2, 0.25) is 0 Å². The quantitative estimate of drug-likeness (QED) is 0.367. The van der Waals surface area contributed by atoms with Gasteiger partial charge in [-0.2, -0.15) is 0 Å². The van der Waals surface area contributed by atoms with Crippen LogP contribution in [0.5, 0.6) is 0 Å². The van der Waals surface area contributed by atoms with E-state index in [0.29, 0.717) is 35.4 Å². The highest BCUT2D eigenvalue weighted by Gasteiger charge is 2.36. The van der Waals surface area contributed by atoms with Gasteiger partial charge in [-0.15, -0.1) is 11.3 Å². The average molecular weight is 531 g/mol. The molecule has 2 aliphatic heterocycles. The maximum Gasteiger partial charge on any atom is 0.304 e. The largest absolute Gasteiger partial charge is 0.481 e. The highest BCUT2D eigenvalue weighted by Crippen LogP contribution is 2.25. The Kier molecular flexibility index (Phi) is 6.98. The second-order valence-electron chi connectivity index (χ2n) is 9.35. The third kappa shape index (κ3) is 5.39. The van der Waals surface area contributed by atoms with Crippen LogP contribution in [0, 0.1) is 0 Å². The van der Waals surface area contributed by atoms with Gasteiger partial charge in [-0.1, -0.05) is 11.6 Å². The Morgan fingerprint density at radius 3 is 2.69 bits per heavy atom. The number of rotatable bonds is 7. The van der Waals surface area contributed by atoms with Gasteiger partial charge in [0.1, 0.15) is 5.69 Å². The van der Waals surface area contributed by atoms with Gasteiger partial charge in [0.15, 0.2) is 5.01 Å². The molecule has 1 saturated heterocycles. The average Bonchev–Trinajstić information content (AvgIpc) is 3.54. The Balaban J connectivity index is 1.30. The first kappa shape index (κ1) is 24.7. The summed E-state index contributed by atoms with van der Waals surface area (Å²) in [6.45, 7) is 2.88. The van der Waals surface area contributed by atoms with Crippen molar-refractivity contribution in [3.05, 3.63) is 50.6 Å². The van der Waals surface area contributed by atoms with Crippen LogP contribution in [0.3, 0.4) is 0 Å². The highest BCUT2D eigenvalue weighted by atomic mass is 35.5. The van der Waals surface area contributed by atoms with Gasteiger partial charge in [-0.3, -0.25) is 19.3 Å². The number of halogens is 1. The fourth-order valence-corrected chi connectivity index (χ4v) is 6.01. The van der Waals surface area contributed by atoms with Gasteiger partial charge in [-0.25, -0.2) is 4.98 Å². The number of likely N-dealkylation sites (N-methyl/N-ethyl adjacent to an activating group) is 1. The molecule has 190 valence electrons. The van der Waals surface area contributed by atoms with Gasteiger partial charge in [-0.05, 0) is 31.3 Å². The topological polar surface area (TPSA) is 131 Å². The lowest BCUT2D eigenvalue weighted by Gasteiger charge is -2.20. The number of aliphatic carboxylic acids is 1. The first-order valence-electron chi connectivity index (χ1n) is 11.8. The zero-order valence-electron chi connectivity index (χ0n) is 19.7. The highest BCUT2D eigenvalue weighted by molar-refractivity contribution is 7.13. The predicted molar refractivity (Wildman–Crippen MR) is 137 cm³/mol. The number of aromatic nitrogens is 2. The molecule has 0 bridgehead atoms. The Morgan fingerprint density at radius 1 is 1.19 bits per heavy atom. The number of hydrogen-bond acceptors (Lipinski definition) is 7. The molecule has 10 nitrogen and oxygen atoms in total. The number of fused-ring (bicyclic) bond motifs is 2. The molecule has 12 heteroatoms. The van der Waals surface area contributed by atoms with Gasteiger partial charge >= 0.3 is 5.97 Å². The van der Waals surface area contributed by atoms with Gasteiger partial charge in [0.25, 0.3) is 11.8 Å². The van der Waals surface area contributed by atoms with E-state index in [-0.39, 0.29) is 18.2 Å². The minimum atomic E-state index is -0.891. The number of thiazole rings is 1. The number of H-pyrrole nitrogens is 1. The molecule has 36 heavy (non-hydrogen) atoms. The molecule has 4 heterocycles. The number of nitrogens with one attached hydrogen (secondary N) is 3. The fourth-order valence-electron chi connectivity index (χ4n) is 4.74. The molecular weight excluding hydrogens is 504 g/mol. The second kappa shape index (κ2) is 10.2. The zero-order chi connectivity index (χ0) is 25.4. The molecule has 0 radical (unpaired) electrons. The third-order valence-corrected chi connectivity index (χ3v) is 7.93. The summed E-state index contributed by atoms with van der Waals surface area (Å²) in [7, 11) is 2.04. The minimum Gasteiger partial charge on any atom is -0.481 e. The lowest BCUT2D eigenvalue weighted by molar-refractivity contribution is -0.137. The zero-order valence-corrected chi connectivity index (χ0v) is 21.3. The summed E-state index contributed by atoms with van der Waals surface area (Å²) in [5.74, 6) is -1.47. The number of carbonyl (C=O) groups is 3. The first-order chi connectivity index (χ1) is 17.2. The smallest absolute Gasteiger partial charge is 0.304 e. The lowest BCUT2D eigenvalue weighted by Crippen LogP contribution is -2.51. The standard InChI is InChI=1S/C24H27ClN6O4S/c1-30-6-4-16-20(12-30)36-24(29-16)23(35)28-19-11-31(7-5-21(32)33)10-18(19)27-22(34)17-9-13-8-14(25)2-3-15(13)26-17/h2-3,8-9,18-19,26H,4-7,10-12H2,1H3,(H,27,34)(H,28,35)(H,32,33). The molecule has 5 rings (SSSR count). The van der Waals surface area contributed by atoms with Crippen molar-refractivity contribution in [3.63, 3.8) is 0 Å². The van der Waals surface area contributed by atoms with Gasteiger partial charge < -0.3 is 25.6 Å². The Bertz CT molecular complexity index is 1320. The summed E-state index contributed by atoms with van der Waals surface area (Å²) in [5.41, 5.74) is 2.15. The molecule has 4 N–H and O–H groups in total. The number of amides is 2. The molecule has 2 unspecified atom stereocenters. The number of likely N-dealkylation sites (tertiary alicyclic amines) is 1. The van der Waals surface area contributed by atoms with E-state index in [1.165, 1.54) is 11.3 Å². The van der Waals surface area contributed by atoms with E-state index in [0.717, 1.165) is 41.0 Å². The number of carbonyl (C=O) groups excluding carboxylic acids is 2. The number of hydrogen-bond donors (Lipinski definition) is 4. The molecule has 2 atom stereocenters. The van der Waals surface area contributed by atoms with E-state index in [2.05, 4.69) is 25.5 Å². The summed E-state index contributed by atoms with van der Waals surface area (Å²) < 4.78 is 0. The number of carboxylic acids is 1. The van der Waals surface area contributed by atoms with Crippen LogP contribution < -0.4 is 10.6 Å². The van der Waals surface area contributed by atoms with Crippen molar-refractivity contribution in [2.24, 2.45) is 0 Å². The van der Waals surface area contributed by atoms with Crippen molar-refractivity contribution in [2.75, 3.05) is 33.2 Å². The van der Waals surface area contributed by atoms with E-state index >= 15 is 0 Å².